The summed E-state index contributed by atoms with van der Waals surface area (Å²) >= 11 is 15.9. The Bertz CT molecular complexity index is 177. The number of nitrogens with zero attached hydrogens (tertiary/aromatic N) is 2. The zero-order valence-electron chi connectivity index (χ0n) is 8.89. The van der Waals surface area contributed by atoms with E-state index < -0.39 is 0 Å². The van der Waals surface area contributed by atoms with Gasteiger partial charge in [0, 0.05) is 19.5 Å². The van der Waals surface area contributed by atoms with Gasteiger partial charge < -0.3 is 42.4 Å². The SMILES string of the molecule is CN(C)C(=S)[S-].CN(C)C1SC1[S-].[Zn+2]. The van der Waals surface area contributed by atoms with Crippen LogP contribution in [0.3, 0.4) is 0 Å². The summed E-state index contributed by atoms with van der Waals surface area (Å²) in [7, 11) is 7.78. The molecule has 0 radical (unpaired) electrons. The molecular weight excluding hydrogens is 306 g/mol. The molecule has 1 aliphatic rings. The van der Waals surface area contributed by atoms with Gasteiger partial charge in [0.25, 0.3) is 0 Å². The van der Waals surface area contributed by atoms with Gasteiger partial charge in [-0.05, 0) is 14.1 Å². The van der Waals surface area contributed by atoms with Crippen LogP contribution in [0.15, 0.2) is 0 Å². The molecule has 2 atom stereocenters. The Kier molecular flexibility index (Phi) is 10.8. The topological polar surface area (TPSA) is 6.48 Å². The Hall–Kier alpha value is 1.39. The molecule has 0 saturated carbocycles. The van der Waals surface area contributed by atoms with E-state index in [2.05, 4.69) is 43.8 Å². The molecule has 2 unspecified atom stereocenters. The summed E-state index contributed by atoms with van der Waals surface area (Å²) in [6.07, 6.45) is 0. The molecule has 0 N–H and O–H groups in total. The molecule has 0 aromatic carbocycles. The maximum atomic E-state index is 4.95. The average molecular weight is 320 g/mol. The van der Waals surface area contributed by atoms with Crippen LogP contribution in [0.5, 0.6) is 0 Å². The van der Waals surface area contributed by atoms with Gasteiger partial charge in [0.05, 0.1) is 0 Å². The van der Waals surface area contributed by atoms with Gasteiger partial charge in [-0.1, -0.05) is 8.90 Å². The molecule has 0 aromatic heterocycles. The molecule has 7 heteroatoms. The van der Waals surface area contributed by atoms with E-state index in [-0.39, 0.29) is 19.5 Å². The Labute approximate surface area is 120 Å². The molecule has 0 aliphatic carbocycles. The number of hydrogen-bond donors (Lipinski definition) is 0. The van der Waals surface area contributed by atoms with Crippen LogP contribution in [0.25, 0.3) is 0 Å². The van der Waals surface area contributed by atoms with Crippen molar-refractivity contribution in [1.29, 1.82) is 0 Å². The summed E-state index contributed by atoms with van der Waals surface area (Å²) in [5.74, 6) is 0. The van der Waals surface area contributed by atoms with Gasteiger partial charge in [-0.25, -0.2) is 0 Å². The van der Waals surface area contributed by atoms with Crippen molar-refractivity contribution in [1.82, 2.24) is 9.80 Å². The quantitative estimate of drug-likeness (QED) is 0.304. The van der Waals surface area contributed by atoms with Crippen molar-refractivity contribution in [2.75, 3.05) is 28.2 Å². The number of thiocarbonyl (C=S) groups is 1. The van der Waals surface area contributed by atoms with E-state index in [1.165, 1.54) is 0 Å². The van der Waals surface area contributed by atoms with Gasteiger partial charge in [-0.15, -0.1) is 0 Å². The summed E-state index contributed by atoms with van der Waals surface area (Å²) in [4.78, 5) is 3.87. The maximum Gasteiger partial charge on any atom is 2.00 e. The van der Waals surface area contributed by atoms with E-state index in [0.29, 0.717) is 14.3 Å². The first-order valence-corrected chi connectivity index (χ1v) is 5.95. The molecule has 14 heavy (non-hydrogen) atoms. The van der Waals surface area contributed by atoms with E-state index in [4.69, 9.17) is 12.6 Å². The van der Waals surface area contributed by atoms with E-state index in [1.54, 1.807) is 4.90 Å². The molecule has 1 heterocycles. The van der Waals surface area contributed by atoms with Gasteiger partial charge >= 0.3 is 19.5 Å². The van der Waals surface area contributed by atoms with Crippen LogP contribution < -0.4 is 0 Å². The minimum absolute atomic E-state index is 0. The van der Waals surface area contributed by atoms with Crippen LogP contribution in [-0.2, 0) is 44.7 Å². The molecule has 1 fully saturated rings. The van der Waals surface area contributed by atoms with Crippen molar-refractivity contribution in [3.8, 4) is 0 Å². The third-order valence-corrected chi connectivity index (χ3v) is 3.98. The predicted octanol–water partition coefficient (Wildman–Crippen LogP) is 0.871. The first-order valence-electron chi connectivity index (χ1n) is 3.72. The molecule has 0 aromatic rings. The van der Waals surface area contributed by atoms with E-state index in [0.717, 1.165) is 0 Å². The van der Waals surface area contributed by atoms with Crippen molar-refractivity contribution < 1.29 is 19.5 Å². The van der Waals surface area contributed by atoms with Gasteiger partial charge in [-0.3, -0.25) is 4.90 Å². The van der Waals surface area contributed by atoms with Gasteiger partial charge in [-0.2, -0.15) is 11.8 Å². The predicted molar refractivity (Wildman–Crippen MR) is 69.9 cm³/mol. The monoisotopic (exact) mass is 318 g/mol. The number of hydrogen-bond acceptors (Lipinski definition) is 5. The molecule has 0 amide bonds. The molecule has 0 bridgehead atoms. The van der Waals surface area contributed by atoms with Crippen molar-refractivity contribution >= 4 is 53.6 Å². The molecular formula is C7H14N2S4Zn. The molecule has 1 rings (SSSR count). The molecule has 1 saturated heterocycles. The van der Waals surface area contributed by atoms with Crippen molar-refractivity contribution in [2.24, 2.45) is 0 Å². The second kappa shape index (κ2) is 8.53. The Balaban J connectivity index is 0. The maximum absolute atomic E-state index is 4.95. The van der Waals surface area contributed by atoms with Crippen LogP contribution in [0, 0.1) is 0 Å². The van der Waals surface area contributed by atoms with Crippen LogP contribution in [0.2, 0.25) is 0 Å². The fourth-order valence-corrected chi connectivity index (χ4v) is 1.71. The van der Waals surface area contributed by atoms with E-state index >= 15 is 0 Å². The average Bonchev–Trinajstić information content (AvgIpc) is 2.67. The second-order valence-corrected chi connectivity index (χ2v) is 6.12. The van der Waals surface area contributed by atoms with Gasteiger partial charge in [0.1, 0.15) is 0 Å². The van der Waals surface area contributed by atoms with Gasteiger partial charge in [0.2, 0.25) is 0 Å². The largest absolute Gasteiger partial charge is 2.00 e. The molecule has 0 spiro atoms. The Morgan fingerprint density at radius 3 is 1.57 bits per heavy atom. The fourth-order valence-electron chi connectivity index (χ4n) is 0.457. The fraction of sp³-hybridized carbons (Fsp3) is 0.857. The minimum Gasteiger partial charge on any atom is -0.776 e. The van der Waals surface area contributed by atoms with Crippen molar-refractivity contribution in [2.45, 2.75) is 9.96 Å². The molecule has 1 aliphatic heterocycles. The Morgan fingerprint density at radius 2 is 1.57 bits per heavy atom. The second-order valence-electron chi connectivity index (χ2n) is 3.02. The summed E-state index contributed by atoms with van der Waals surface area (Å²) in [6.45, 7) is 0. The third-order valence-electron chi connectivity index (χ3n) is 1.30. The summed E-state index contributed by atoms with van der Waals surface area (Å²) in [5.41, 5.74) is 0. The number of rotatable bonds is 1. The summed E-state index contributed by atoms with van der Waals surface area (Å²) in [6, 6.07) is 0. The molecule has 2 nitrogen and oxygen atoms in total. The normalized spacial score (nSPS) is 23.0. The zero-order chi connectivity index (χ0) is 10.6. The van der Waals surface area contributed by atoms with Gasteiger partial charge in [0.15, 0.2) is 0 Å². The zero-order valence-corrected chi connectivity index (χ0v) is 15.1. The van der Waals surface area contributed by atoms with Crippen LogP contribution in [-0.4, -0.2) is 52.3 Å². The van der Waals surface area contributed by atoms with Crippen molar-refractivity contribution in [3.05, 3.63) is 0 Å². The first kappa shape index (κ1) is 17.8. The Morgan fingerprint density at radius 1 is 1.29 bits per heavy atom. The minimum atomic E-state index is 0. The number of thioether (sulfide) groups is 1. The van der Waals surface area contributed by atoms with Crippen LogP contribution in [0.1, 0.15) is 0 Å². The van der Waals surface area contributed by atoms with E-state index in [9.17, 15) is 0 Å². The van der Waals surface area contributed by atoms with Crippen LogP contribution in [0.4, 0.5) is 0 Å². The standard InChI is InChI=1S/C4H9NS2.C3H7NS2.Zn/c1-5(2)3-4(6)7-3;1-4(2)3(5)6;/h3-4,6H,1-2H3;1-2H3,(H,5,6);/q;;+2/p-2. The summed E-state index contributed by atoms with van der Waals surface area (Å²) in [5, 5.41) is 0.634. The summed E-state index contributed by atoms with van der Waals surface area (Å²) < 4.78 is 0.977. The van der Waals surface area contributed by atoms with E-state index in [1.807, 2.05) is 25.9 Å². The van der Waals surface area contributed by atoms with Crippen LogP contribution >= 0.6 is 24.0 Å². The molecule has 78 valence electrons. The smallest absolute Gasteiger partial charge is 0.776 e. The van der Waals surface area contributed by atoms with Crippen molar-refractivity contribution in [3.63, 3.8) is 0 Å². The third kappa shape index (κ3) is 8.68. The first-order chi connectivity index (χ1) is 5.86.